The standard InChI is InChI=1S/C8H4BrFN2O2/c9-8-5(1-2-11)3-6(10)4-7(8)12(13)14/h3-4H,1H2. The van der Waals surface area contributed by atoms with E-state index in [0.717, 1.165) is 12.1 Å². The Morgan fingerprint density at radius 1 is 1.64 bits per heavy atom. The molecule has 0 fully saturated rings. The number of nitriles is 1. The van der Waals surface area contributed by atoms with E-state index in [-0.39, 0.29) is 22.1 Å². The molecule has 0 bridgehead atoms. The van der Waals surface area contributed by atoms with Gasteiger partial charge in [0.15, 0.2) is 0 Å². The molecule has 0 atom stereocenters. The Bertz CT molecular complexity index is 428. The molecule has 0 unspecified atom stereocenters. The fraction of sp³-hybridized carbons (Fsp3) is 0.125. The third-order valence-corrected chi connectivity index (χ3v) is 2.48. The number of benzene rings is 1. The van der Waals surface area contributed by atoms with Gasteiger partial charge in [-0.05, 0) is 27.6 Å². The number of hydrogen-bond donors (Lipinski definition) is 0. The molecule has 0 saturated heterocycles. The molecule has 1 aromatic carbocycles. The van der Waals surface area contributed by atoms with Gasteiger partial charge < -0.3 is 0 Å². The number of nitro benzene ring substituents is 1. The van der Waals surface area contributed by atoms with Gasteiger partial charge in [-0.2, -0.15) is 5.26 Å². The molecule has 14 heavy (non-hydrogen) atoms. The maximum Gasteiger partial charge on any atom is 0.286 e. The molecule has 1 aromatic rings. The number of nitrogens with zero attached hydrogens (tertiary/aromatic N) is 2. The first-order chi connectivity index (χ1) is 6.56. The summed E-state index contributed by atoms with van der Waals surface area (Å²) in [5.74, 6) is -0.717. The highest BCUT2D eigenvalue weighted by atomic mass is 79.9. The van der Waals surface area contributed by atoms with Gasteiger partial charge in [0.25, 0.3) is 5.69 Å². The van der Waals surface area contributed by atoms with E-state index in [1.165, 1.54) is 0 Å². The third kappa shape index (κ3) is 2.06. The topological polar surface area (TPSA) is 66.9 Å². The Hall–Kier alpha value is -1.48. The number of rotatable bonds is 2. The van der Waals surface area contributed by atoms with Gasteiger partial charge in [0.05, 0.1) is 28.0 Å². The minimum absolute atomic E-state index is 0.0703. The highest BCUT2D eigenvalue weighted by Gasteiger charge is 2.17. The van der Waals surface area contributed by atoms with Crippen molar-refractivity contribution in [3.8, 4) is 6.07 Å². The molecule has 0 aliphatic carbocycles. The fourth-order valence-corrected chi connectivity index (χ4v) is 1.49. The van der Waals surface area contributed by atoms with Crippen LogP contribution in [0.15, 0.2) is 16.6 Å². The second kappa shape index (κ2) is 4.15. The van der Waals surface area contributed by atoms with E-state index in [1.54, 1.807) is 6.07 Å². The molecular weight excluding hydrogens is 255 g/mol. The second-order valence-corrected chi connectivity index (χ2v) is 3.28. The monoisotopic (exact) mass is 258 g/mol. The minimum atomic E-state index is -0.717. The Kier molecular flexibility index (Phi) is 3.14. The highest BCUT2D eigenvalue weighted by Crippen LogP contribution is 2.29. The quantitative estimate of drug-likeness (QED) is 0.605. The molecular formula is C8H4BrFN2O2. The number of nitro groups is 1. The fourth-order valence-electron chi connectivity index (χ4n) is 0.977. The van der Waals surface area contributed by atoms with Crippen molar-refractivity contribution in [1.29, 1.82) is 5.26 Å². The van der Waals surface area contributed by atoms with Crippen LogP contribution in [0.3, 0.4) is 0 Å². The summed E-state index contributed by atoms with van der Waals surface area (Å²) in [7, 11) is 0. The summed E-state index contributed by atoms with van der Waals surface area (Å²) in [6.45, 7) is 0. The lowest BCUT2D eigenvalue weighted by Crippen LogP contribution is -1.95. The molecule has 6 heteroatoms. The van der Waals surface area contributed by atoms with Crippen LogP contribution in [0.2, 0.25) is 0 Å². The van der Waals surface area contributed by atoms with Gasteiger partial charge in [0.2, 0.25) is 0 Å². The molecule has 0 amide bonds. The average molecular weight is 259 g/mol. The van der Waals surface area contributed by atoms with Crippen LogP contribution in [-0.2, 0) is 6.42 Å². The predicted molar refractivity (Wildman–Crippen MR) is 50.1 cm³/mol. The van der Waals surface area contributed by atoms with Crippen molar-refractivity contribution in [2.75, 3.05) is 0 Å². The number of hydrogen-bond acceptors (Lipinski definition) is 3. The first-order valence-electron chi connectivity index (χ1n) is 3.55. The molecule has 0 aliphatic heterocycles. The van der Waals surface area contributed by atoms with E-state index >= 15 is 0 Å². The molecule has 1 rings (SSSR count). The zero-order valence-electron chi connectivity index (χ0n) is 6.83. The van der Waals surface area contributed by atoms with E-state index < -0.39 is 10.7 Å². The average Bonchev–Trinajstić information content (AvgIpc) is 2.10. The largest absolute Gasteiger partial charge is 0.286 e. The lowest BCUT2D eigenvalue weighted by atomic mass is 10.1. The molecule has 0 heterocycles. The summed E-state index contributed by atoms with van der Waals surface area (Å²) in [6.07, 6.45) is -0.0703. The van der Waals surface area contributed by atoms with Gasteiger partial charge in [-0.3, -0.25) is 10.1 Å². The lowest BCUT2D eigenvalue weighted by Gasteiger charge is -2.00. The van der Waals surface area contributed by atoms with Crippen molar-refractivity contribution >= 4 is 21.6 Å². The van der Waals surface area contributed by atoms with Gasteiger partial charge >= 0.3 is 0 Å². The van der Waals surface area contributed by atoms with Crippen molar-refractivity contribution < 1.29 is 9.31 Å². The zero-order chi connectivity index (χ0) is 10.7. The summed E-state index contributed by atoms with van der Waals surface area (Å²) >= 11 is 2.96. The Balaban J connectivity index is 3.33. The van der Waals surface area contributed by atoms with Gasteiger partial charge in [-0.25, -0.2) is 4.39 Å². The summed E-state index contributed by atoms with van der Waals surface area (Å²) in [6, 6.07) is 3.71. The summed E-state index contributed by atoms with van der Waals surface area (Å²) in [5, 5.41) is 18.9. The van der Waals surface area contributed by atoms with Crippen LogP contribution in [0.25, 0.3) is 0 Å². The van der Waals surface area contributed by atoms with Crippen LogP contribution in [0.4, 0.5) is 10.1 Å². The van der Waals surface area contributed by atoms with Crippen molar-refractivity contribution in [3.63, 3.8) is 0 Å². The maximum absolute atomic E-state index is 12.9. The molecule has 0 aliphatic rings. The highest BCUT2D eigenvalue weighted by molar-refractivity contribution is 9.10. The van der Waals surface area contributed by atoms with Gasteiger partial charge in [0, 0.05) is 0 Å². The summed E-state index contributed by atoms with van der Waals surface area (Å²) in [4.78, 5) is 9.76. The first kappa shape index (κ1) is 10.6. The smallest absolute Gasteiger partial charge is 0.258 e. The van der Waals surface area contributed by atoms with E-state index in [9.17, 15) is 14.5 Å². The van der Waals surface area contributed by atoms with Crippen LogP contribution < -0.4 is 0 Å². The van der Waals surface area contributed by atoms with Gasteiger partial charge in [-0.15, -0.1) is 0 Å². The maximum atomic E-state index is 12.9. The first-order valence-corrected chi connectivity index (χ1v) is 4.35. The predicted octanol–water partition coefficient (Wildman–Crippen LogP) is 2.56. The van der Waals surface area contributed by atoms with Crippen LogP contribution >= 0.6 is 15.9 Å². The summed E-state index contributed by atoms with van der Waals surface area (Å²) < 4.78 is 13.0. The van der Waals surface area contributed by atoms with E-state index in [1.807, 2.05) is 0 Å². The normalized spacial score (nSPS) is 9.50. The van der Waals surface area contributed by atoms with Crippen LogP contribution in [0.5, 0.6) is 0 Å². The molecule has 72 valence electrons. The third-order valence-electron chi connectivity index (χ3n) is 1.56. The SMILES string of the molecule is N#CCc1cc(F)cc([N+](=O)[O-])c1Br. The number of halogens is 2. The second-order valence-electron chi connectivity index (χ2n) is 2.49. The lowest BCUT2D eigenvalue weighted by molar-refractivity contribution is -0.385. The Labute approximate surface area is 87.2 Å². The van der Waals surface area contributed by atoms with E-state index in [4.69, 9.17) is 5.26 Å². The van der Waals surface area contributed by atoms with E-state index in [0.29, 0.717) is 0 Å². The van der Waals surface area contributed by atoms with Crippen molar-refractivity contribution in [2.24, 2.45) is 0 Å². The van der Waals surface area contributed by atoms with Crippen LogP contribution in [0.1, 0.15) is 5.56 Å². The van der Waals surface area contributed by atoms with E-state index in [2.05, 4.69) is 15.9 Å². The molecule has 0 spiro atoms. The zero-order valence-corrected chi connectivity index (χ0v) is 8.41. The Morgan fingerprint density at radius 2 is 2.29 bits per heavy atom. The molecule has 0 aromatic heterocycles. The molecule has 4 nitrogen and oxygen atoms in total. The van der Waals surface area contributed by atoms with Crippen LogP contribution in [0, 0.1) is 27.3 Å². The molecule has 0 radical (unpaired) electrons. The molecule has 0 N–H and O–H groups in total. The minimum Gasteiger partial charge on any atom is -0.258 e. The van der Waals surface area contributed by atoms with Crippen molar-refractivity contribution in [2.45, 2.75) is 6.42 Å². The van der Waals surface area contributed by atoms with Crippen molar-refractivity contribution in [3.05, 3.63) is 38.1 Å². The van der Waals surface area contributed by atoms with Gasteiger partial charge in [-0.1, -0.05) is 0 Å². The molecule has 0 saturated carbocycles. The van der Waals surface area contributed by atoms with Gasteiger partial charge in [0.1, 0.15) is 5.82 Å². The summed E-state index contributed by atoms with van der Waals surface area (Å²) in [5.41, 5.74) is -0.0885. The van der Waals surface area contributed by atoms with Crippen molar-refractivity contribution in [1.82, 2.24) is 0 Å². The Morgan fingerprint density at radius 3 is 2.79 bits per heavy atom. The van der Waals surface area contributed by atoms with Crippen LogP contribution in [-0.4, -0.2) is 4.92 Å².